The number of H-pyrrole nitrogens is 1. The monoisotopic (exact) mass is 512 g/mol. The summed E-state index contributed by atoms with van der Waals surface area (Å²) in [6.45, 7) is 7.15. The first-order valence-corrected chi connectivity index (χ1v) is 12.3. The largest absolute Gasteiger partial charge is 0.492 e. The van der Waals surface area contributed by atoms with E-state index >= 15 is 0 Å². The maximum Gasteiger partial charge on any atom is 0.261 e. The molecule has 2 amide bonds. The van der Waals surface area contributed by atoms with Gasteiger partial charge in [-0.15, -0.1) is 0 Å². The van der Waals surface area contributed by atoms with E-state index in [1.807, 2.05) is 13.8 Å². The third kappa shape index (κ3) is 8.14. The molecule has 0 spiro atoms. The molecular formula is C27H36N4O6. The number of fused-ring (bicyclic) bond motifs is 1. The number of nitrogens with one attached hydrogen (secondary N) is 2. The minimum atomic E-state index is -0.546. The second kappa shape index (κ2) is 15.4. The van der Waals surface area contributed by atoms with Crippen LogP contribution in [-0.2, 0) is 4.74 Å². The molecule has 10 heteroatoms. The van der Waals surface area contributed by atoms with Crippen LogP contribution in [0.2, 0.25) is 0 Å². The van der Waals surface area contributed by atoms with Gasteiger partial charge in [0, 0.05) is 55.5 Å². The Balaban J connectivity index is 0.00000115. The standard InChI is InChI=1S/C24H26N4O5.C2H6.CH4O/c25-8-12-33-19-6-7-21-17(14-19)15-20(23(30)27-21)22(29)26-18-4-2-16(3-5-18)24(31)28-9-1-11-32-13-10-28;2*1-2/h2-7,14-15H,1,8-13,25H2,(H,26,29)(H,27,30);1-2H3;2H,1H3. The van der Waals surface area contributed by atoms with E-state index in [0.29, 0.717) is 67.4 Å². The second-order valence-corrected chi connectivity index (χ2v) is 7.69. The van der Waals surface area contributed by atoms with Crippen LogP contribution in [-0.4, -0.2) is 73.4 Å². The number of hydrogen-bond donors (Lipinski definition) is 4. The number of nitrogens with two attached hydrogens (primary N) is 1. The van der Waals surface area contributed by atoms with E-state index in [-0.39, 0.29) is 11.5 Å². The average molecular weight is 513 g/mol. The van der Waals surface area contributed by atoms with Crippen molar-refractivity contribution in [3.05, 3.63) is 70.0 Å². The van der Waals surface area contributed by atoms with Crippen LogP contribution in [0.4, 0.5) is 5.69 Å². The van der Waals surface area contributed by atoms with Crippen LogP contribution in [0.15, 0.2) is 53.3 Å². The smallest absolute Gasteiger partial charge is 0.261 e. The van der Waals surface area contributed by atoms with Gasteiger partial charge >= 0.3 is 0 Å². The molecule has 0 bridgehead atoms. The number of nitrogens with zero attached hydrogens (tertiary/aromatic N) is 1. The molecule has 1 saturated heterocycles. The number of anilines is 1. The summed E-state index contributed by atoms with van der Waals surface area (Å²) in [4.78, 5) is 42.4. The number of rotatable bonds is 6. The van der Waals surface area contributed by atoms with Gasteiger partial charge in [-0.05, 0) is 55.0 Å². The van der Waals surface area contributed by atoms with Crippen molar-refractivity contribution >= 4 is 28.4 Å². The van der Waals surface area contributed by atoms with Gasteiger partial charge in [0.2, 0.25) is 0 Å². The van der Waals surface area contributed by atoms with Gasteiger partial charge in [-0.2, -0.15) is 0 Å². The Morgan fingerprint density at radius 1 is 1.08 bits per heavy atom. The van der Waals surface area contributed by atoms with Crippen molar-refractivity contribution in [2.75, 3.05) is 51.9 Å². The van der Waals surface area contributed by atoms with E-state index in [1.54, 1.807) is 47.4 Å². The average Bonchev–Trinajstić information content (AvgIpc) is 3.23. The number of ether oxygens (including phenoxy) is 2. The van der Waals surface area contributed by atoms with Crippen molar-refractivity contribution in [1.82, 2.24) is 9.88 Å². The van der Waals surface area contributed by atoms with Crippen LogP contribution in [0, 0.1) is 0 Å². The maximum absolute atomic E-state index is 12.8. The van der Waals surface area contributed by atoms with Crippen LogP contribution in [0.1, 0.15) is 41.0 Å². The summed E-state index contributed by atoms with van der Waals surface area (Å²) >= 11 is 0. The zero-order chi connectivity index (χ0) is 27.2. The second-order valence-electron chi connectivity index (χ2n) is 7.69. The fraction of sp³-hybridized carbons (Fsp3) is 0.370. The third-order valence-electron chi connectivity index (χ3n) is 5.35. The Hall–Kier alpha value is -3.73. The lowest BCUT2D eigenvalue weighted by Gasteiger charge is -2.19. The molecule has 1 aliphatic heterocycles. The molecule has 37 heavy (non-hydrogen) atoms. The highest BCUT2D eigenvalue weighted by Gasteiger charge is 2.18. The number of benzene rings is 2. The number of aromatic nitrogens is 1. The Kier molecular flexibility index (Phi) is 12.3. The fourth-order valence-electron chi connectivity index (χ4n) is 3.65. The van der Waals surface area contributed by atoms with Crippen LogP contribution < -0.4 is 21.3 Å². The van der Waals surface area contributed by atoms with E-state index in [9.17, 15) is 14.4 Å². The van der Waals surface area contributed by atoms with Crippen molar-refractivity contribution in [3.8, 4) is 5.75 Å². The molecule has 0 atom stereocenters. The SMILES string of the molecule is CC.CO.NCCOc1ccc2[nH]c(=O)c(C(=O)Nc3ccc(C(=O)N4CCCOCC4)cc3)cc2c1. The summed E-state index contributed by atoms with van der Waals surface area (Å²) in [6, 6.07) is 13.3. The zero-order valence-electron chi connectivity index (χ0n) is 21.6. The van der Waals surface area contributed by atoms with Gasteiger partial charge < -0.3 is 35.5 Å². The summed E-state index contributed by atoms with van der Waals surface area (Å²) in [5.74, 6) is -0.0187. The summed E-state index contributed by atoms with van der Waals surface area (Å²) < 4.78 is 10.9. The molecule has 200 valence electrons. The van der Waals surface area contributed by atoms with E-state index in [1.165, 1.54) is 6.07 Å². The molecule has 1 aromatic heterocycles. The minimum absolute atomic E-state index is 0.0248. The fourth-order valence-corrected chi connectivity index (χ4v) is 3.65. The zero-order valence-corrected chi connectivity index (χ0v) is 21.6. The van der Waals surface area contributed by atoms with Gasteiger partial charge in [-0.1, -0.05) is 13.8 Å². The highest BCUT2D eigenvalue weighted by Crippen LogP contribution is 2.20. The molecule has 1 aliphatic rings. The molecule has 3 aromatic rings. The molecular weight excluding hydrogens is 476 g/mol. The maximum atomic E-state index is 12.8. The number of amides is 2. The van der Waals surface area contributed by atoms with Crippen molar-refractivity contribution in [2.24, 2.45) is 5.73 Å². The topological polar surface area (TPSA) is 147 Å². The Morgan fingerprint density at radius 3 is 2.51 bits per heavy atom. The number of carbonyl (C=O) groups excluding carboxylic acids is 2. The van der Waals surface area contributed by atoms with Gasteiger partial charge in [0.25, 0.3) is 17.4 Å². The molecule has 10 nitrogen and oxygen atoms in total. The lowest BCUT2D eigenvalue weighted by atomic mass is 10.1. The van der Waals surface area contributed by atoms with Gasteiger partial charge in [0.15, 0.2) is 0 Å². The minimum Gasteiger partial charge on any atom is -0.492 e. The number of hydrogen-bond acceptors (Lipinski definition) is 7. The molecule has 0 saturated carbocycles. The lowest BCUT2D eigenvalue weighted by molar-refractivity contribution is 0.0741. The first-order chi connectivity index (χ1) is 18.0. The highest BCUT2D eigenvalue weighted by molar-refractivity contribution is 6.06. The number of pyridine rings is 1. The Labute approximate surface area is 216 Å². The normalized spacial score (nSPS) is 12.8. The van der Waals surface area contributed by atoms with Gasteiger partial charge in [0.05, 0.1) is 6.61 Å². The number of aromatic amines is 1. The first-order valence-electron chi connectivity index (χ1n) is 12.3. The highest BCUT2D eigenvalue weighted by atomic mass is 16.5. The van der Waals surface area contributed by atoms with Crippen LogP contribution >= 0.6 is 0 Å². The molecule has 2 heterocycles. The summed E-state index contributed by atoms with van der Waals surface area (Å²) in [5.41, 5.74) is 6.55. The summed E-state index contributed by atoms with van der Waals surface area (Å²) in [5, 5.41) is 10.4. The third-order valence-corrected chi connectivity index (χ3v) is 5.35. The summed E-state index contributed by atoms with van der Waals surface area (Å²) in [7, 11) is 1.00. The molecule has 4 rings (SSSR count). The number of carbonyl (C=O) groups is 2. The predicted octanol–water partition coefficient (Wildman–Crippen LogP) is 2.62. The van der Waals surface area contributed by atoms with Crippen molar-refractivity contribution < 1.29 is 24.2 Å². The molecule has 1 fully saturated rings. The quantitative estimate of drug-likeness (QED) is 0.397. The van der Waals surface area contributed by atoms with Gasteiger partial charge in [-0.25, -0.2) is 0 Å². The molecule has 0 radical (unpaired) electrons. The summed E-state index contributed by atoms with van der Waals surface area (Å²) in [6.07, 6.45) is 0.806. The van der Waals surface area contributed by atoms with Gasteiger partial charge in [-0.3, -0.25) is 14.4 Å². The van der Waals surface area contributed by atoms with E-state index in [2.05, 4.69) is 10.3 Å². The van der Waals surface area contributed by atoms with Crippen LogP contribution in [0.25, 0.3) is 10.9 Å². The predicted molar refractivity (Wildman–Crippen MR) is 144 cm³/mol. The van der Waals surface area contributed by atoms with Gasteiger partial charge in [0.1, 0.15) is 17.9 Å². The van der Waals surface area contributed by atoms with Crippen molar-refractivity contribution in [3.63, 3.8) is 0 Å². The van der Waals surface area contributed by atoms with Crippen molar-refractivity contribution in [1.29, 1.82) is 0 Å². The van der Waals surface area contributed by atoms with E-state index in [4.69, 9.17) is 20.3 Å². The Bertz CT molecular complexity index is 1200. The Morgan fingerprint density at radius 2 is 1.81 bits per heavy atom. The van der Waals surface area contributed by atoms with E-state index < -0.39 is 11.5 Å². The molecule has 0 unspecified atom stereocenters. The lowest BCUT2D eigenvalue weighted by Crippen LogP contribution is -2.33. The molecule has 2 aromatic carbocycles. The van der Waals surface area contributed by atoms with Crippen LogP contribution in [0.5, 0.6) is 5.75 Å². The number of aliphatic hydroxyl groups excluding tert-OH is 1. The molecule has 0 aliphatic carbocycles. The first kappa shape index (κ1) is 29.5. The van der Waals surface area contributed by atoms with Crippen molar-refractivity contribution in [2.45, 2.75) is 20.3 Å². The number of aliphatic hydroxyl groups is 1. The van der Waals surface area contributed by atoms with E-state index in [0.717, 1.165) is 13.5 Å². The molecule has 5 N–H and O–H groups in total. The van der Waals surface area contributed by atoms with Crippen LogP contribution in [0.3, 0.4) is 0 Å².